The molecule has 2 saturated heterocycles. The largest absolute Gasteiger partial charge is 0.368 e. The summed E-state index contributed by atoms with van der Waals surface area (Å²) in [5.74, 6) is 0.840. The topological polar surface area (TPSA) is 61.9 Å². The van der Waals surface area contributed by atoms with Crippen LogP contribution in [0.1, 0.15) is 33.0 Å². The van der Waals surface area contributed by atoms with Gasteiger partial charge in [-0.05, 0) is 44.2 Å². The summed E-state index contributed by atoms with van der Waals surface area (Å²) in [6, 6.07) is 1.77. The summed E-state index contributed by atoms with van der Waals surface area (Å²) >= 11 is 1.56. The Hall–Kier alpha value is -1.44. The molecule has 0 bridgehead atoms. The zero-order chi connectivity index (χ0) is 18.5. The van der Waals surface area contributed by atoms with E-state index in [1.54, 1.807) is 18.4 Å². The van der Waals surface area contributed by atoms with Crippen LogP contribution < -0.4 is 5.32 Å². The predicted octanol–water partition coefficient (Wildman–Crippen LogP) is 1.42. The lowest BCUT2D eigenvalue weighted by Crippen LogP contribution is -2.73. The number of aryl methyl sites for hydroxylation is 2. The highest BCUT2D eigenvalue weighted by Gasteiger charge is 2.52. The van der Waals surface area contributed by atoms with E-state index in [0.29, 0.717) is 25.6 Å². The molecule has 142 valence electrons. The standard InChI is InChI=1S/C19H27N3O3S/c1-12-6-16(26-13(12)2)18(24)22-10-19(11-22)9-21(7-14-4-5-14)15(8-25-19)17(23)20-3/h6,14-15H,4-5,7-11H2,1-3H3,(H,20,23). The molecule has 1 aromatic heterocycles. The van der Waals surface area contributed by atoms with Crippen LogP contribution in [-0.4, -0.2) is 73.1 Å². The number of likely N-dealkylation sites (N-methyl/N-ethyl adjacent to an activating group) is 1. The SMILES string of the molecule is CNC(=O)C1COC2(CN(C(=O)c3cc(C)c(C)s3)C2)CN1CC1CC1. The molecule has 3 aliphatic rings. The number of hydrogen-bond acceptors (Lipinski definition) is 5. The normalized spacial score (nSPS) is 25.2. The fourth-order valence-corrected chi connectivity index (χ4v) is 4.94. The van der Waals surface area contributed by atoms with Gasteiger partial charge in [-0.2, -0.15) is 0 Å². The van der Waals surface area contributed by atoms with Gasteiger partial charge in [-0.1, -0.05) is 0 Å². The molecule has 1 N–H and O–H groups in total. The van der Waals surface area contributed by atoms with Crippen molar-refractivity contribution in [3.8, 4) is 0 Å². The lowest BCUT2D eigenvalue weighted by Gasteiger charge is -2.55. The van der Waals surface area contributed by atoms with Gasteiger partial charge in [0.1, 0.15) is 11.6 Å². The maximum Gasteiger partial charge on any atom is 0.264 e. The molecule has 26 heavy (non-hydrogen) atoms. The first-order chi connectivity index (χ1) is 12.4. The lowest BCUT2D eigenvalue weighted by atomic mass is 9.90. The van der Waals surface area contributed by atoms with Gasteiger partial charge in [0.15, 0.2) is 0 Å². The molecule has 2 aliphatic heterocycles. The second-order valence-corrected chi connectivity index (χ2v) is 9.26. The first-order valence-electron chi connectivity index (χ1n) is 9.37. The van der Waals surface area contributed by atoms with E-state index in [-0.39, 0.29) is 23.5 Å². The van der Waals surface area contributed by atoms with Crippen molar-refractivity contribution in [2.24, 2.45) is 5.92 Å². The molecule has 1 spiro atoms. The van der Waals surface area contributed by atoms with Crippen molar-refractivity contribution in [3.63, 3.8) is 0 Å². The van der Waals surface area contributed by atoms with Crippen LogP contribution in [0.3, 0.4) is 0 Å². The summed E-state index contributed by atoms with van der Waals surface area (Å²) in [6.07, 6.45) is 2.51. The summed E-state index contributed by atoms with van der Waals surface area (Å²) in [6.45, 7) is 7.42. The maximum atomic E-state index is 12.7. The number of carbonyl (C=O) groups is 2. The number of likely N-dealkylation sites (tertiary alicyclic amines) is 1. The number of carbonyl (C=O) groups excluding carboxylic acids is 2. The second kappa shape index (κ2) is 6.62. The van der Waals surface area contributed by atoms with Crippen LogP contribution in [0.25, 0.3) is 0 Å². The van der Waals surface area contributed by atoms with E-state index in [0.717, 1.165) is 18.0 Å². The van der Waals surface area contributed by atoms with Gasteiger partial charge >= 0.3 is 0 Å². The summed E-state index contributed by atoms with van der Waals surface area (Å²) in [5.41, 5.74) is 0.864. The van der Waals surface area contributed by atoms with E-state index in [2.05, 4.69) is 10.2 Å². The average Bonchev–Trinajstić information content (AvgIpc) is 3.35. The third kappa shape index (κ3) is 3.28. The van der Waals surface area contributed by atoms with Crippen molar-refractivity contribution in [1.29, 1.82) is 0 Å². The number of hydrogen-bond donors (Lipinski definition) is 1. The Kier molecular flexibility index (Phi) is 4.57. The maximum absolute atomic E-state index is 12.7. The third-order valence-corrected chi connectivity index (χ3v) is 6.98. The van der Waals surface area contributed by atoms with E-state index >= 15 is 0 Å². The average molecular weight is 378 g/mol. The lowest BCUT2D eigenvalue weighted by molar-refractivity contribution is -0.191. The monoisotopic (exact) mass is 377 g/mol. The molecule has 1 saturated carbocycles. The zero-order valence-corrected chi connectivity index (χ0v) is 16.5. The molecular formula is C19H27N3O3S. The van der Waals surface area contributed by atoms with E-state index in [1.807, 2.05) is 24.8 Å². The minimum absolute atomic E-state index is 0.0253. The molecule has 4 rings (SSSR count). The van der Waals surface area contributed by atoms with E-state index in [1.165, 1.54) is 23.3 Å². The van der Waals surface area contributed by atoms with Crippen LogP contribution in [0.4, 0.5) is 0 Å². The zero-order valence-electron chi connectivity index (χ0n) is 15.7. The number of amides is 2. The molecule has 3 fully saturated rings. The summed E-state index contributed by atoms with van der Waals surface area (Å²) < 4.78 is 6.12. The first-order valence-corrected chi connectivity index (χ1v) is 10.2. The number of nitrogens with one attached hydrogen (secondary N) is 1. The Morgan fingerprint density at radius 2 is 2.04 bits per heavy atom. The van der Waals surface area contributed by atoms with E-state index < -0.39 is 0 Å². The van der Waals surface area contributed by atoms with Crippen LogP contribution in [0.2, 0.25) is 0 Å². The number of morpholine rings is 1. The van der Waals surface area contributed by atoms with Crippen LogP contribution in [0.15, 0.2) is 6.07 Å². The highest BCUT2D eigenvalue weighted by Crippen LogP contribution is 2.36. The Balaban J connectivity index is 1.41. The minimum atomic E-state index is -0.309. The van der Waals surface area contributed by atoms with Crippen molar-refractivity contribution >= 4 is 23.2 Å². The molecular weight excluding hydrogens is 350 g/mol. The fourth-order valence-electron chi connectivity index (χ4n) is 3.94. The molecule has 0 radical (unpaired) electrons. The number of ether oxygens (including phenoxy) is 1. The second-order valence-electron chi connectivity index (χ2n) is 8.01. The van der Waals surface area contributed by atoms with Gasteiger partial charge in [0.2, 0.25) is 5.91 Å². The molecule has 1 aromatic rings. The quantitative estimate of drug-likeness (QED) is 0.862. The Labute approximate surface area is 158 Å². The van der Waals surface area contributed by atoms with Crippen LogP contribution in [0.5, 0.6) is 0 Å². The Bertz CT molecular complexity index is 702. The van der Waals surface area contributed by atoms with Crippen molar-refractivity contribution in [3.05, 3.63) is 21.4 Å². The van der Waals surface area contributed by atoms with Gasteiger partial charge in [-0.3, -0.25) is 14.5 Å². The van der Waals surface area contributed by atoms with E-state index in [4.69, 9.17) is 4.74 Å². The highest BCUT2D eigenvalue weighted by atomic mass is 32.1. The fraction of sp³-hybridized carbons (Fsp3) is 0.684. The Morgan fingerprint density at radius 3 is 2.62 bits per heavy atom. The smallest absolute Gasteiger partial charge is 0.264 e. The Morgan fingerprint density at radius 1 is 1.31 bits per heavy atom. The van der Waals surface area contributed by atoms with E-state index in [9.17, 15) is 9.59 Å². The van der Waals surface area contributed by atoms with Crippen molar-refractivity contribution in [1.82, 2.24) is 15.1 Å². The van der Waals surface area contributed by atoms with Crippen molar-refractivity contribution in [2.75, 3.05) is 39.8 Å². The molecule has 1 atom stereocenters. The van der Waals surface area contributed by atoms with Crippen LogP contribution in [0, 0.1) is 19.8 Å². The minimum Gasteiger partial charge on any atom is -0.368 e. The molecule has 1 aliphatic carbocycles. The van der Waals surface area contributed by atoms with Crippen LogP contribution >= 0.6 is 11.3 Å². The molecule has 0 aromatic carbocycles. The molecule has 3 heterocycles. The van der Waals surface area contributed by atoms with Gasteiger partial charge in [0.05, 0.1) is 24.6 Å². The molecule has 6 nitrogen and oxygen atoms in total. The van der Waals surface area contributed by atoms with Crippen molar-refractivity contribution < 1.29 is 14.3 Å². The first kappa shape index (κ1) is 17.9. The summed E-state index contributed by atoms with van der Waals surface area (Å²) in [4.78, 5) is 31.1. The van der Waals surface area contributed by atoms with Gasteiger partial charge in [0, 0.05) is 25.0 Å². The van der Waals surface area contributed by atoms with Crippen molar-refractivity contribution in [2.45, 2.75) is 38.3 Å². The third-order valence-electron chi connectivity index (χ3n) is 5.84. The van der Waals surface area contributed by atoms with Gasteiger partial charge in [0.25, 0.3) is 5.91 Å². The highest BCUT2D eigenvalue weighted by molar-refractivity contribution is 7.14. The van der Waals surface area contributed by atoms with Gasteiger partial charge < -0.3 is 15.0 Å². The molecule has 2 amide bonds. The van der Waals surface area contributed by atoms with Crippen LogP contribution in [-0.2, 0) is 9.53 Å². The van der Waals surface area contributed by atoms with Gasteiger partial charge in [-0.15, -0.1) is 11.3 Å². The summed E-state index contributed by atoms with van der Waals surface area (Å²) in [7, 11) is 1.68. The number of nitrogens with zero attached hydrogens (tertiary/aromatic N) is 2. The predicted molar refractivity (Wildman–Crippen MR) is 101 cm³/mol. The molecule has 1 unspecified atom stereocenters. The molecule has 7 heteroatoms. The summed E-state index contributed by atoms with van der Waals surface area (Å²) in [5, 5.41) is 2.75. The van der Waals surface area contributed by atoms with Gasteiger partial charge in [-0.25, -0.2) is 0 Å². The number of thiophene rings is 1. The number of rotatable bonds is 4.